The molecule has 3 aromatic carbocycles. The van der Waals surface area contributed by atoms with Crippen molar-refractivity contribution < 1.29 is 9.90 Å². The molecular weight excluding hydrogens is 336 g/mol. The molecule has 0 bridgehead atoms. The van der Waals surface area contributed by atoms with E-state index in [4.69, 9.17) is 0 Å². The second-order valence-corrected chi connectivity index (χ2v) is 6.79. The third-order valence-electron chi connectivity index (χ3n) is 5.11. The fraction of sp³-hybridized carbons (Fsp3) is 0.130. The molecule has 4 heteroatoms. The van der Waals surface area contributed by atoms with Crippen molar-refractivity contribution in [2.45, 2.75) is 11.8 Å². The molecule has 1 unspecified atom stereocenters. The van der Waals surface area contributed by atoms with E-state index in [1.165, 1.54) is 6.21 Å². The molecule has 1 fully saturated rings. The molecule has 1 amide bonds. The number of hydrogen-bond donors (Lipinski definition) is 2. The molecule has 27 heavy (non-hydrogen) atoms. The zero-order chi connectivity index (χ0) is 18.7. The molecule has 0 aliphatic heterocycles. The van der Waals surface area contributed by atoms with E-state index in [-0.39, 0.29) is 23.0 Å². The van der Waals surface area contributed by atoms with Crippen LogP contribution in [0.1, 0.15) is 23.1 Å². The third-order valence-corrected chi connectivity index (χ3v) is 5.11. The standard InChI is InChI=1S/C23H20N2O2/c26-20-13-7-8-17(14-20)16-24-25-22(27)21-15-23(21,18-9-3-1-4-10-18)19-11-5-2-6-12-19/h1-14,16,21,26H,15H2,(H,25,27)/b24-16-. The van der Waals surface area contributed by atoms with E-state index >= 15 is 0 Å². The third kappa shape index (κ3) is 3.34. The number of rotatable bonds is 5. The lowest BCUT2D eigenvalue weighted by atomic mass is 9.85. The van der Waals surface area contributed by atoms with Gasteiger partial charge in [-0.3, -0.25) is 4.79 Å². The highest BCUT2D eigenvalue weighted by Crippen LogP contribution is 2.58. The number of hydrogen-bond acceptors (Lipinski definition) is 3. The maximum atomic E-state index is 12.8. The number of amides is 1. The normalized spacial score (nSPS) is 17.6. The van der Waals surface area contributed by atoms with Crippen LogP contribution in [0.15, 0.2) is 90.0 Å². The van der Waals surface area contributed by atoms with Gasteiger partial charge in [0.1, 0.15) is 5.75 Å². The molecule has 2 N–H and O–H groups in total. The summed E-state index contributed by atoms with van der Waals surface area (Å²) in [6.07, 6.45) is 2.29. The summed E-state index contributed by atoms with van der Waals surface area (Å²) in [7, 11) is 0. The van der Waals surface area contributed by atoms with Crippen LogP contribution in [-0.2, 0) is 10.2 Å². The lowest BCUT2D eigenvalue weighted by Crippen LogP contribution is -2.25. The average molecular weight is 356 g/mol. The van der Waals surface area contributed by atoms with Gasteiger partial charge in [-0.25, -0.2) is 5.43 Å². The van der Waals surface area contributed by atoms with Crippen molar-refractivity contribution >= 4 is 12.1 Å². The first-order valence-corrected chi connectivity index (χ1v) is 8.93. The summed E-state index contributed by atoms with van der Waals surface area (Å²) in [5.74, 6) is -0.0950. The number of nitrogens with one attached hydrogen (secondary N) is 1. The molecule has 1 aliphatic carbocycles. The highest BCUT2D eigenvalue weighted by Gasteiger charge is 2.60. The zero-order valence-corrected chi connectivity index (χ0v) is 14.7. The van der Waals surface area contributed by atoms with Crippen molar-refractivity contribution in [1.82, 2.24) is 5.43 Å². The van der Waals surface area contributed by atoms with Gasteiger partial charge < -0.3 is 5.11 Å². The van der Waals surface area contributed by atoms with Crippen LogP contribution in [0.2, 0.25) is 0 Å². The Morgan fingerprint density at radius 1 is 0.963 bits per heavy atom. The minimum atomic E-state index is -0.298. The Bertz CT molecular complexity index is 928. The second kappa shape index (κ2) is 7.08. The molecule has 0 radical (unpaired) electrons. The number of nitrogens with zero attached hydrogens (tertiary/aromatic N) is 1. The Labute approximate surface area is 158 Å². The van der Waals surface area contributed by atoms with Gasteiger partial charge in [0, 0.05) is 5.41 Å². The van der Waals surface area contributed by atoms with E-state index in [2.05, 4.69) is 34.8 Å². The van der Waals surface area contributed by atoms with Crippen molar-refractivity contribution in [3.8, 4) is 5.75 Å². The fourth-order valence-corrected chi connectivity index (χ4v) is 3.71. The van der Waals surface area contributed by atoms with Crippen molar-refractivity contribution in [3.05, 3.63) is 102 Å². The Morgan fingerprint density at radius 3 is 2.19 bits per heavy atom. The predicted octanol–water partition coefficient (Wildman–Crippen LogP) is 3.85. The largest absolute Gasteiger partial charge is 0.508 e. The van der Waals surface area contributed by atoms with Crippen LogP contribution in [0.4, 0.5) is 0 Å². The maximum absolute atomic E-state index is 12.8. The zero-order valence-electron chi connectivity index (χ0n) is 14.7. The lowest BCUT2D eigenvalue weighted by Gasteiger charge is -2.18. The summed E-state index contributed by atoms with van der Waals surface area (Å²) < 4.78 is 0. The van der Waals surface area contributed by atoms with Crippen LogP contribution >= 0.6 is 0 Å². The van der Waals surface area contributed by atoms with E-state index in [1.54, 1.807) is 18.2 Å². The van der Waals surface area contributed by atoms with Gasteiger partial charge in [-0.15, -0.1) is 0 Å². The Balaban J connectivity index is 1.54. The van der Waals surface area contributed by atoms with Crippen LogP contribution in [-0.4, -0.2) is 17.2 Å². The minimum absolute atomic E-state index is 0.0980. The second-order valence-electron chi connectivity index (χ2n) is 6.79. The number of benzene rings is 3. The van der Waals surface area contributed by atoms with Crippen molar-refractivity contribution in [2.75, 3.05) is 0 Å². The summed E-state index contributed by atoms with van der Waals surface area (Å²) in [6.45, 7) is 0. The molecule has 4 nitrogen and oxygen atoms in total. The molecule has 1 saturated carbocycles. The van der Waals surface area contributed by atoms with Gasteiger partial charge in [-0.05, 0) is 35.2 Å². The van der Waals surface area contributed by atoms with Gasteiger partial charge in [0.15, 0.2) is 0 Å². The molecule has 134 valence electrons. The summed E-state index contributed by atoms with van der Waals surface area (Å²) in [5, 5.41) is 13.6. The van der Waals surface area contributed by atoms with E-state index in [9.17, 15) is 9.90 Å². The molecule has 4 rings (SSSR count). The molecule has 1 atom stereocenters. The number of phenols is 1. The lowest BCUT2D eigenvalue weighted by molar-refractivity contribution is -0.122. The van der Waals surface area contributed by atoms with Crippen molar-refractivity contribution in [3.63, 3.8) is 0 Å². The van der Waals surface area contributed by atoms with Crippen molar-refractivity contribution in [2.24, 2.45) is 11.0 Å². The Hall–Kier alpha value is -3.40. The average Bonchev–Trinajstić information content (AvgIpc) is 3.47. The molecule has 0 heterocycles. The molecule has 0 spiro atoms. The smallest absolute Gasteiger partial charge is 0.244 e. The van der Waals surface area contributed by atoms with Gasteiger partial charge in [-0.2, -0.15) is 5.10 Å². The summed E-state index contributed by atoms with van der Waals surface area (Å²) >= 11 is 0. The van der Waals surface area contributed by atoms with Crippen LogP contribution in [0.5, 0.6) is 5.75 Å². The van der Waals surface area contributed by atoms with E-state index in [1.807, 2.05) is 42.5 Å². The van der Waals surface area contributed by atoms with E-state index < -0.39 is 0 Å². The van der Waals surface area contributed by atoms with Crippen LogP contribution < -0.4 is 5.43 Å². The predicted molar refractivity (Wildman–Crippen MR) is 106 cm³/mol. The molecule has 1 aliphatic rings. The topological polar surface area (TPSA) is 61.7 Å². The number of carbonyl (C=O) groups is 1. The molecule has 0 aromatic heterocycles. The van der Waals surface area contributed by atoms with Crippen molar-refractivity contribution in [1.29, 1.82) is 0 Å². The van der Waals surface area contributed by atoms with Gasteiger partial charge in [0.25, 0.3) is 0 Å². The fourth-order valence-electron chi connectivity index (χ4n) is 3.71. The van der Waals surface area contributed by atoms with Gasteiger partial charge >= 0.3 is 0 Å². The van der Waals surface area contributed by atoms with Crippen LogP contribution in [0.3, 0.4) is 0 Å². The summed E-state index contributed by atoms with van der Waals surface area (Å²) in [6, 6.07) is 27.0. The van der Waals surface area contributed by atoms with Gasteiger partial charge in [-0.1, -0.05) is 72.8 Å². The van der Waals surface area contributed by atoms with E-state index in [0.29, 0.717) is 0 Å². The quantitative estimate of drug-likeness (QED) is 0.539. The molecule has 3 aromatic rings. The first-order valence-electron chi connectivity index (χ1n) is 8.93. The highest BCUT2D eigenvalue weighted by atomic mass is 16.3. The first-order chi connectivity index (χ1) is 13.2. The van der Waals surface area contributed by atoms with Crippen LogP contribution in [0.25, 0.3) is 0 Å². The Kier molecular flexibility index (Phi) is 4.47. The number of aromatic hydroxyl groups is 1. The number of phenolic OH excluding ortho intramolecular Hbond substituents is 1. The number of carbonyl (C=O) groups excluding carboxylic acids is 1. The minimum Gasteiger partial charge on any atom is -0.508 e. The summed E-state index contributed by atoms with van der Waals surface area (Å²) in [5.41, 5.74) is 5.38. The van der Waals surface area contributed by atoms with Gasteiger partial charge in [0.2, 0.25) is 5.91 Å². The monoisotopic (exact) mass is 356 g/mol. The molecular formula is C23H20N2O2. The highest BCUT2D eigenvalue weighted by molar-refractivity contribution is 5.87. The SMILES string of the molecule is O=C(N/N=C\c1cccc(O)c1)C1CC1(c1ccccc1)c1ccccc1. The van der Waals surface area contributed by atoms with Gasteiger partial charge in [0.05, 0.1) is 12.1 Å². The van der Waals surface area contributed by atoms with Crippen LogP contribution in [0, 0.1) is 5.92 Å². The Morgan fingerprint density at radius 2 is 1.59 bits per heavy atom. The first kappa shape index (κ1) is 17.0. The van der Waals surface area contributed by atoms with E-state index in [0.717, 1.165) is 23.1 Å². The number of hydrazone groups is 1. The maximum Gasteiger partial charge on any atom is 0.244 e. The molecule has 0 saturated heterocycles. The summed E-state index contributed by atoms with van der Waals surface area (Å²) in [4.78, 5) is 12.8.